The first kappa shape index (κ1) is 5.96. The number of nitrogens with two attached hydrogens (primary N) is 1. The van der Waals surface area contributed by atoms with Crippen LogP contribution in [0.1, 0.15) is 0 Å². The zero-order valence-electron chi connectivity index (χ0n) is 3.18. The molecule has 6 heavy (non-hydrogen) atoms. The molecule has 0 fully saturated rings. The van der Waals surface area contributed by atoms with E-state index in [2.05, 4.69) is 3.79 Å². The van der Waals surface area contributed by atoms with E-state index in [4.69, 9.17) is 5.73 Å². The monoisotopic (exact) mass is 101 g/mol. The third kappa shape index (κ3) is 2.21. The first-order chi connectivity index (χ1) is 2.81. The van der Waals surface area contributed by atoms with Crippen molar-refractivity contribution in [1.29, 1.82) is 0 Å². The van der Waals surface area contributed by atoms with Gasteiger partial charge in [0.25, 0.3) is 5.97 Å². The molecule has 0 rings (SSSR count). The average Bonchev–Trinajstić information content (AvgIpc) is 1.65. The van der Waals surface area contributed by atoms with Gasteiger partial charge in [-0.3, -0.25) is 4.79 Å². The van der Waals surface area contributed by atoms with Gasteiger partial charge in [0, 0.05) is 0 Å². The number of carbonyl (C=O) groups excluding carboxylic acids is 1. The molecule has 0 heterocycles. The van der Waals surface area contributed by atoms with Crippen molar-refractivity contribution in [2.24, 2.45) is 5.73 Å². The Labute approximate surface area is 44.2 Å². The summed E-state index contributed by atoms with van der Waals surface area (Å²) in [6.07, 6.45) is 0. The van der Waals surface area contributed by atoms with Crippen LogP contribution in [0.15, 0.2) is 0 Å². The fraction of sp³-hybridized carbons (Fsp3) is 0.500. The Kier molecular flexibility index (Phi) is 3.14. The van der Waals surface area contributed by atoms with E-state index in [-0.39, 0.29) is 6.54 Å². The van der Waals surface area contributed by atoms with Crippen LogP contribution < -0.4 is 5.73 Å². The van der Waals surface area contributed by atoms with Crippen molar-refractivity contribution in [1.82, 2.24) is 0 Å². The highest BCUT2D eigenvalue weighted by atomic mass is 27.1. The molecule has 0 saturated carbocycles. The third-order valence-electron chi connectivity index (χ3n) is 0.298. The van der Waals surface area contributed by atoms with Crippen molar-refractivity contribution in [3.63, 3.8) is 0 Å². The molecule has 0 aliphatic carbocycles. The normalized spacial score (nSPS) is 7.50. The highest BCUT2D eigenvalue weighted by Crippen LogP contribution is 1.59. The topological polar surface area (TPSA) is 52.3 Å². The van der Waals surface area contributed by atoms with Gasteiger partial charge in [-0.2, -0.15) is 0 Å². The third-order valence-corrected chi connectivity index (χ3v) is 0.561. The smallest absolute Gasteiger partial charge is 0.484 e. The van der Waals surface area contributed by atoms with Gasteiger partial charge in [0.2, 0.25) is 0 Å². The number of carbonyl (C=O) groups is 1. The van der Waals surface area contributed by atoms with E-state index in [0.29, 0.717) is 0 Å². The Balaban J connectivity index is 2.99. The molecule has 0 atom stereocenters. The summed E-state index contributed by atoms with van der Waals surface area (Å²) in [5.41, 5.74) is 4.79. The predicted molar refractivity (Wildman–Crippen MR) is 20.9 cm³/mol. The molecule has 0 aromatic rings. The highest BCUT2D eigenvalue weighted by Gasteiger charge is 1.86. The maximum absolute atomic E-state index is 9.81. The summed E-state index contributed by atoms with van der Waals surface area (Å²) in [5.74, 6) is -0.417. The standard InChI is InChI=1S/C2H5NO2.Al/c3-1-2(4)5;/h1,3H2,(H,4,5);/q;+1/p-1. The molecular formula is C2H4AlNO2. The second-order valence-electron chi connectivity index (χ2n) is 0.694. The van der Waals surface area contributed by atoms with Crippen molar-refractivity contribution >= 4 is 22.6 Å². The van der Waals surface area contributed by atoms with Gasteiger partial charge in [-0.25, -0.2) is 0 Å². The molecular weight excluding hydrogens is 97.0 g/mol. The SMILES string of the molecule is NCC(=O)[O][Al]. The van der Waals surface area contributed by atoms with Crippen LogP contribution in [0, 0.1) is 0 Å². The fourth-order valence-corrected chi connectivity index (χ4v) is 0.144. The molecule has 0 spiro atoms. The number of rotatable bonds is 1. The second kappa shape index (κ2) is 3.16. The van der Waals surface area contributed by atoms with Gasteiger partial charge in [-0.15, -0.1) is 0 Å². The largest absolute Gasteiger partial charge is 0.627 e. The zero-order chi connectivity index (χ0) is 4.99. The van der Waals surface area contributed by atoms with Crippen molar-refractivity contribution in [3.8, 4) is 0 Å². The van der Waals surface area contributed by atoms with E-state index in [0.717, 1.165) is 0 Å². The van der Waals surface area contributed by atoms with Gasteiger partial charge in [0.1, 0.15) is 0 Å². The molecule has 0 aromatic heterocycles. The molecule has 0 amide bonds. The molecule has 2 radical (unpaired) electrons. The Morgan fingerprint density at radius 3 is 2.50 bits per heavy atom. The Hall–Kier alpha value is -0.0375. The van der Waals surface area contributed by atoms with Crippen LogP contribution in [0.5, 0.6) is 0 Å². The molecule has 0 unspecified atom stereocenters. The minimum atomic E-state index is -0.417. The van der Waals surface area contributed by atoms with Gasteiger partial charge in [-0.05, 0) is 0 Å². The lowest BCUT2D eigenvalue weighted by Gasteiger charge is -1.91. The van der Waals surface area contributed by atoms with Crippen molar-refractivity contribution in [2.75, 3.05) is 6.54 Å². The van der Waals surface area contributed by atoms with Crippen LogP contribution in [0.3, 0.4) is 0 Å². The average molecular weight is 101 g/mol. The maximum Gasteiger partial charge on any atom is 0.484 e. The van der Waals surface area contributed by atoms with Gasteiger partial charge in [-0.1, -0.05) is 0 Å². The quantitative estimate of drug-likeness (QED) is 0.412. The van der Waals surface area contributed by atoms with Crippen LogP contribution in [0.2, 0.25) is 0 Å². The predicted octanol–water partition coefficient (Wildman–Crippen LogP) is -1.43. The Morgan fingerprint density at radius 1 is 2.00 bits per heavy atom. The van der Waals surface area contributed by atoms with Gasteiger partial charge >= 0.3 is 16.6 Å². The first-order valence-corrected chi connectivity index (χ1v) is 1.88. The van der Waals surface area contributed by atoms with E-state index in [1.807, 2.05) is 16.6 Å². The lowest BCUT2D eigenvalue weighted by atomic mass is 10.7. The number of hydrogen-bond donors (Lipinski definition) is 1. The lowest BCUT2D eigenvalue weighted by molar-refractivity contribution is -0.132. The van der Waals surface area contributed by atoms with Crippen LogP contribution >= 0.6 is 0 Å². The summed E-state index contributed by atoms with van der Waals surface area (Å²) in [7, 11) is 0. The van der Waals surface area contributed by atoms with E-state index < -0.39 is 5.97 Å². The zero-order valence-corrected chi connectivity index (χ0v) is 4.33. The molecule has 32 valence electrons. The Morgan fingerprint density at radius 2 is 2.50 bits per heavy atom. The van der Waals surface area contributed by atoms with Crippen LogP contribution in [-0.2, 0) is 8.58 Å². The molecule has 3 nitrogen and oxygen atoms in total. The number of hydrogen-bond acceptors (Lipinski definition) is 3. The van der Waals surface area contributed by atoms with E-state index in [1.54, 1.807) is 0 Å². The highest BCUT2D eigenvalue weighted by molar-refractivity contribution is 6.05. The van der Waals surface area contributed by atoms with Gasteiger partial charge in [0.05, 0.1) is 6.54 Å². The summed E-state index contributed by atoms with van der Waals surface area (Å²) < 4.78 is 4.05. The molecule has 0 bridgehead atoms. The summed E-state index contributed by atoms with van der Waals surface area (Å²) in [4.78, 5) is 9.81. The summed E-state index contributed by atoms with van der Waals surface area (Å²) in [6, 6.07) is 0. The van der Waals surface area contributed by atoms with E-state index >= 15 is 0 Å². The summed E-state index contributed by atoms with van der Waals surface area (Å²) in [6.45, 7) is -0.0521. The van der Waals surface area contributed by atoms with Crippen molar-refractivity contribution < 1.29 is 8.58 Å². The molecule has 0 aliphatic heterocycles. The second-order valence-corrected chi connectivity index (χ2v) is 0.930. The minimum absolute atomic E-state index is 0.0521. The summed E-state index contributed by atoms with van der Waals surface area (Å²) >= 11 is 1.81. The minimum Gasteiger partial charge on any atom is -0.627 e. The van der Waals surface area contributed by atoms with Crippen molar-refractivity contribution in [2.45, 2.75) is 0 Å². The molecule has 0 aliphatic rings. The first-order valence-electron chi connectivity index (χ1n) is 1.41. The molecule has 2 N–H and O–H groups in total. The van der Waals surface area contributed by atoms with Gasteiger partial charge < -0.3 is 9.52 Å². The fourth-order valence-electron chi connectivity index (χ4n) is 0.0481. The Bertz CT molecular complexity index is 49.5. The van der Waals surface area contributed by atoms with Crippen LogP contribution in [-0.4, -0.2) is 29.1 Å². The van der Waals surface area contributed by atoms with Crippen LogP contribution in [0.25, 0.3) is 0 Å². The van der Waals surface area contributed by atoms with Crippen LogP contribution in [0.4, 0.5) is 0 Å². The maximum atomic E-state index is 9.81. The molecule has 0 aromatic carbocycles. The van der Waals surface area contributed by atoms with E-state index in [9.17, 15) is 4.79 Å². The van der Waals surface area contributed by atoms with Crippen molar-refractivity contribution in [3.05, 3.63) is 0 Å². The summed E-state index contributed by atoms with van der Waals surface area (Å²) in [5, 5.41) is 0. The lowest BCUT2D eigenvalue weighted by Crippen LogP contribution is -2.14. The molecule has 4 heteroatoms. The van der Waals surface area contributed by atoms with Gasteiger partial charge in [0.15, 0.2) is 0 Å². The molecule has 0 saturated heterocycles. The van der Waals surface area contributed by atoms with E-state index in [1.165, 1.54) is 0 Å².